The molecule has 6 nitrogen and oxygen atoms in total. The first-order chi connectivity index (χ1) is 19.9. The Balaban J connectivity index is 1.50. The van der Waals surface area contributed by atoms with E-state index in [-0.39, 0.29) is 11.8 Å². The number of piperidine rings is 1. The summed E-state index contributed by atoms with van der Waals surface area (Å²) in [6.45, 7) is 9.68. The van der Waals surface area contributed by atoms with Crippen LogP contribution in [0.25, 0.3) is 0 Å². The number of fused-ring (bicyclic) bond motifs is 1. The predicted molar refractivity (Wildman–Crippen MR) is 168 cm³/mol. The van der Waals surface area contributed by atoms with Gasteiger partial charge in [-0.2, -0.15) is 0 Å². The number of hydrogen-bond acceptors (Lipinski definition) is 4. The van der Waals surface area contributed by atoms with Gasteiger partial charge in [-0.25, -0.2) is 0 Å². The van der Waals surface area contributed by atoms with Crippen molar-refractivity contribution in [3.8, 4) is 0 Å². The molecule has 0 unspecified atom stereocenters. The van der Waals surface area contributed by atoms with Gasteiger partial charge in [0.15, 0.2) is 0 Å². The molecule has 1 fully saturated rings. The highest BCUT2D eigenvalue weighted by molar-refractivity contribution is 6.30. The number of hydrogen-bond donors (Lipinski definition) is 0. The molecule has 2 heterocycles. The van der Waals surface area contributed by atoms with Crippen LogP contribution in [0.15, 0.2) is 66.7 Å². The summed E-state index contributed by atoms with van der Waals surface area (Å²) in [4.78, 5) is 35.8. The van der Waals surface area contributed by atoms with E-state index in [1.807, 2.05) is 46.2 Å². The molecule has 0 bridgehead atoms. The minimum absolute atomic E-state index is 0.00891. The number of amides is 2. The first kappa shape index (κ1) is 29.2. The summed E-state index contributed by atoms with van der Waals surface area (Å²) in [7, 11) is 0. The van der Waals surface area contributed by atoms with Gasteiger partial charge in [-0.3, -0.25) is 14.5 Å². The number of halogens is 1. The molecule has 0 aliphatic carbocycles. The first-order valence-corrected chi connectivity index (χ1v) is 15.2. The van der Waals surface area contributed by atoms with Crippen LogP contribution < -0.4 is 9.80 Å². The molecule has 216 valence electrons. The van der Waals surface area contributed by atoms with E-state index < -0.39 is 0 Å². The average molecular weight is 573 g/mol. The Morgan fingerprint density at radius 3 is 2.32 bits per heavy atom. The van der Waals surface area contributed by atoms with Crippen molar-refractivity contribution >= 4 is 34.8 Å². The van der Waals surface area contributed by atoms with Crippen molar-refractivity contribution in [1.29, 1.82) is 0 Å². The molecule has 1 saturated heterocycles. The number of nitrogens with zero attached hydrogens (tertiary/aromatic N) is 4. The summed E-state index contributed by atoms with van der Waals surface area (Å²) >= 11 is 6.47. The molecule has 2 aliphatic heterocycles. The van der Waals surface area contributed by atoms with Crippen molar-refractivity contribution in [2.24, 2.45) is 0 Å². The molecule has 0 radical (unpaired) electrons. The van der Waals surface area contributed by atoms with Crippen molar-refractivity contribution in [1.82, 2.24) is 9.80 Å². The third kappa shape index (κ3) is 7.11. The molecule has 0 saturated carbocycles. The number of benzene rings is 3. The third-order valence-corrected chi connectivity index (χ3v) is 8.62. The zero-order valence-electron chi connectivity index (χ0n) is 24.3. The highest BCUT2D eigenvalue weighted by atomic mass is 35.5. The quantitative estimate of drug-likeness (QED) is 0.356. The number of rotatable bonds is 4. The van der Waals surface area contributed by atoms with Crippen LogP contribution in [0, 0.1) is 6.92 Å². The lowest BCUT2D eigenvalue weighted by atomic mass is 10.0. The predicted octanol–water partition coefficient (Wildman–Crippen LogP) is 6.54. The summed E-state index contributed by atoms with van der Waals surface area (Å²) in [6, 6.07) is 22.2. The van der Waals surface area contributed by atoms with Crippen LogP contribution in [-0.2, 0) is 17.9 Å². The highest BCUT2D eigenvalue weighted by Gasteiger charge is 2.25. The van der Waals surface area contributed by atoms with Crippen LogP contribution in [-0.4, -0.2) is 60.9 Å². The van der Waals surface area contributed by atoms with Crippen molar-refractivity contribution in [3.05, 3.63) is 94.0 Å². The Morgan fingerprint density at radius 2 is 1.56 bits per heavy atom. The van der Waals surface area contributed by atoms with Crippen LogP contribution in [0.2, 0.25) is 5.02 Å². The molecular weight excluding hydrogens is 532 g/mol. The van der Waals surface area contributed by atoms with Crippen molar-refractivity contribution in [3.63, 3.8) is 0 Å². The van der Waals surface area contributed by atoms with Gasteiger partial charge in [-0.1, -0.05) is 48.0 Å². The van der Waals surface area contributed by atoms with Gasteiger partial charge in [-0.05, 0) is 79.6 Å². The number of carbonyl (C=O) groups excluding carboxylic acids is 2. The van der Waals surface area contributed by atoms with Gasteiger partial charge in [0, 0.05) is 81.2 Å². The summed E-state index contributed by atoms with van der Waals surface area (Å²) in [5.41, 5.74) is 5.89. The maximum Gasteiger partial charge on any atom is 0.254 e. The fourth-order valence-electron chi connectivity index (χ4n) is 6.18. The van der Waals surface area contributed by atoms with Gasteiger partial charge >= 0.3 is 0 Å². The molecule has 7 heteroatoms. The van der Waals surface area contributed by atoms with E-state index >= 15 is 0 Å². The molecule has 0 atom stereocenters. The molecular formula is C34H41ClN4O2. The van der Waals surface area contributed by atoms with E-state index in [9.17, 15) is 9.59 Å². The highest BCUT2D eigenvalue weighted by Crippen LogP contribution is 2.30. The fraction of sp³-hybridized carbons (Fsp3) is 0.412. The van der Waals surface area contributed by atoms with Crippen LogP contribution in [0.1, 0.15) is 59.7 Å². The van der Waals surface area contributed by atoms with Gasteiger partial charge in [0.05, 0.1) is 0 Å². The molecule has 0 N–H and O–H groups in total. The van der Waals surface area contributed by atoms with Crippen molar-refractivity contribution in [2.45, 2.75) is 52.6 Å². The monoisotopic (exact) mass is 572 g/mol. The van der Waals surface area contributed by atoms with Crippen LogP contribution in [0.3, 0.4) is 0 Å². The summed E-state index contributed by atoms with van der Waals surface area (Å²) in [6.07, 6.45) is 4.47. The van der Waals surface area contributed by atoms with E-state index in [0.717, 1.165) is 67.2 Å². The van der Waals surface area contributed by atoms with Gasteiger partial charge in [0.2, 0.25) is 5.91 Å². The minimum Gasteiger partial charge on any atom is -0.371 e. The summed E-state index contributed by atoms with van der Waals surface area (Å²) in [5.74, 6) is 0.00551. The lowest BCUT2D eigenvalue weighted by Gasteiger charge is -2.32. The van der Waals surface area contributed by atoms with E-state index in [4.69, 9.17) is 11.6 Å². The molecule has 0 aromatic heterocycles. The lowest BCUT2D eigenvalue weighted by molar-refractivity contribution is -0.116. The maximum atomic E-state index is 14.4. The van der Waals surface area contributed by atoms with Crippen molar-refractivity contribution in [2.75, 3.05) is 49.1 Å². The lowest BCUT2D eigenvalue weighted by Crippen LogP contribution is -2.39. The third-order valence-electron chi connectivity index (χ3n) is 8.38. The molecule has 3 aromatic rings. The number of carbonyl (C=O) groups is 2. The van der Waals surface area contributed by atoms with Crippen LogP contribution in [0.5, 0.6) is 0 Å². The van der Waals surface area contributed by atoms with Crippen molar-refractivity contribution < 1.29 is 9.59 Å². The summed E-state index contributed by atoms with van der Waals surface area (Å²) < 4.78 is 0. The van der Waals surface area contributed by atoms with Gasteiger partial charge < -0.3 is 14.7 Å². The van der Waals surface area contributed by atoms with Gasteiger partial charge in [-0.15, -0.1) is 0 Å². The molecule has 5 rings (SSSR count). The first-order valence-electron chi connectivity index (χ1n) is 14.9. The topological polar surface area (TPSA) is 47.1 Å². The van der Waals surface area contributed by atoms with E-state index in [1.165, 1.54) is 24.8 Å². The Hall–Kier alpha value is -3.35. The number of anilines is 2. The average Bonchev–Trinajstić information content (AvgIpc) is 3.01. The largest absolute Gasteiger partial charge is 0.371 e. The van der Waals surface area contributed by atoms with Crippen LogP contribution in [0.4, 0.5) is 11.4 Å². The van der Waals surface area contributed by atoms with E-state index in [1.54, 1.807) is 6.92 Å². The minimum atomic E-state index is -0.00891. The van der Waals surface area contributed by atoms with Gasteiger partial charge in [0.25, 0.3) is 5.91 Å². The fourth-order valence-corrected chi connectivity index (χ4v) is 6.37. The van der Waals surface area contributed by atoms with Crippen LogP contribution >= 0.6 is 11.6 Å². The zero-order chi connectivity index (χ0) is 28.8. The second-order valence-corrected chi connectivity index (χ2v) is 11.7. The normalized spacial score (nSPS) is 17.1. The Labute approximate surface area is 249 Å². The summed E-state index contributed by atoms with van der Waals surface area (Å²) in [5, 5.41) is 0.600. The Kier molecular flexibility index (Phi) is 9.63. The van der Waals surface area contributed by atoms with Gasteiger partial charge in [0.1, 0.15) is 0 Å². The SMILES string of the molecule is CC(=O)N1CCCN(Cc2ccccc2)CCN(C(=O)c2cccc(N3CCCCC3)c2C)Cc2cc(Cl)ccc21. The smallest absolute Gasteiger partial charge is 0.254 e. The molecule has 2 amide bonds. The second-order valence-electron chi connectivity index (χ2n) is 11.3. The molecule has 2 aliphatic rings. The standard InChI is InChI=1S/C34H41ClN4O2/c1-26-31(13-9-14-32(26)37-18-7-4-8-19-37)34(41)38-22-21-36(24-28-11-5-3-6-12-28)17-10-20-39(27(2)40)33-16-15-30(35)23-29(33)25-38/h3,5-6,9,11-16,23H,4,7-8,10,17-22,24-25H2,1-2H3. The maximum absolute atomic E-state index is 14.4. The second kappa shape index (κ2) is 13.5. The molecule has 3 aromatic carbocycles. The van der Waals surface area contributed by atoms with E-state index in [2.05, 4.69) is 47.1 Å². The molecule has 0 spiro atoms. The molecule has 41 heavy (non-hydrogen) atoms. The Bertz CT molecular complexity index is 1360. The zero-order valence-corrected chi connectivity index (χ0v) is 25.1. The van der Waals surface area contributed by atoms with E-state index in [0.29, 0.717) is 24.7 Å². The Morgan fingerprint density at radius 1 is 0.780 bits per heavy atom.